The zero-order valence-electron chi connectivity index (χ0n) is 17.3. The van der Waals surface area contributed by atoms with E-state index in [9.17, 15) is 9.90 Å². The lowest BCUT2D eigenvalue weighted by molar-refractivity contribution is 0.371. The molecule has 1 aromatic heterocycles. The van der Waals surface area contributed by atoms with Gasteiger partial charge in [0.15, 0.2) is 5.76 Å². The maximum atomic E-state index is 12.7. The van der Waals surface area contributed by atoms with Crippen LogP contribution in [0.15, 0.2) is 63.8 Å². The van der Waals surface area contributed by atoms with Crippen molar-refractivity contribution >= 4 is 39.6 Å². The minimum Gasteiger partial charge on any atom is -0.502 e. The summed E-state index contributed by atoms with van der Waals surface area (Å²) in [6.45, 7) is 0.173. The molecule has 0 atom stereocenters. The minimum absolute atomic E-state index is 0.105. The van der Waals surface area contributed by atoms with Gasteiger partial charge in [-0.2, -0.15) is 0 Å². The Labute approximate surface area is 179 Å². The topological polar surface area (TPSA) is 62.9 Å². The van der Waals surface area contributed by atoms with Crippen molar-refractivity contribution in [1.29, 1.82) is 0 Å². The fourth-order valence-electron chi connectivity index (χ4n) is 3.31. The van der Waals surface area contributed by atoms with Gasteiger partial charge in [-0.15, -0.1) is 6.42 Å². The molecular formula is C26H21NO4. The summed E-state index contributed by atoms with van der Waals surface area (Å²) in [5.74, 6) is 2.75. The van der Waals surface area contributed by atoms with Gasteiger partial charge >= 0.3 is 0 Å². The highest BCUT2D eigenvalue weighted by Crippen LogP contribution is 2.28. The Balaban J connectivity index is 1.75. The van der Waals surface area contributed by atoms with Gasteiger partial charge < -0.3 is 19.2 Å². The minimum atomic E-state index is -0.474. The monoisotopic (exact) mass is 411 g/mol. The molecule has 3 aromatic carbocycles. The van der Waals surface area contributed by atoms with Gasteiger partial charge in [0.25, 0.3) is 0 Å². The van der Waals surface area contributed by atoms with Gasteiger partial charge in [0.2, 0.25) is 11.2 Å². The molecule has 1 heterocycles. The predicted molar refractivity (Wildman–Crippen MR) is 126 cm³/mol. The van der Waals surface area contributed by atoms with E-state index in [4.69, 9.17) is 15.6 Å². The number of rotatable bonds is 5. The summed E-state index contributed by atoms with van der Waals surface area (Å²) in [5, 5.41) is 12.4. The second-order valence-electron chi connectivity index (χ2n) is 7.31. The van der Waals surface area contributed by atoms with Crippen molar-refractivity contribution < 1.29 is 14.3 Å². The van der Waals surface area contributed by atoms with Gasteiger partial charge in [-0.05, 0) is 58.8 Å². The van der Waals surface area contributed by atoms with Crippen molar-refractivity contribution in [3.8, 4) is 23.8 Å². The van der Waals surface area contributed by atoms with Crippen LogP contribution in [-0.2, 0) is 0 Å². The van der Waals surface area contributed by atoms with E-state index < -0.39 is 11.2 Å². The van der Waals surface area contributed by atoms with Crippen LogP contribution in [-0.4, -0.2) is 25.8 Å². The molecule has 0 amide bonds. The van der Waals surface area contributed by atoms with Crippen molar-refractivity contribution in [2.24, 2.45) is 0 Å². The van der Waals surface area contributed by atoms with Gasteiger partial charge in [-0.1, -0.05) is 30.2 Å². The molecule has 0 saturated carbocycles. The fourth-order valence-corrected chi connectivity index (χ4v) is 3.31. The fraction of sp³-hybridized carbons (Fsp3) is 0.115. The van der Waals surface area contributed by atoms with E-state index in [-0.39, 0.29) is 12.4 Å². The highest BCUT2D eigenvalue weighted by molar-refractivity contribution is 5.97. The van der Waals surface area contributed by atoms with Crippen LogP contribution in [0.4, 0.5) is 5.69 Å². The highest BCUT2D eigenvalue weighted by atomic mass is 16.5. The van der Waals surface area contributed by atoms with Gasteiger partial charge in [0.1, 0.15) is 17.9 Å². The summed E-state index contributed by atoms with van der Waals surface area (Å²) in [5.41, 5.74) is 1.90. The molecule has 4 rings (SSSR count). The zero-order valence-corrected chi connectivity index (χ0v) is 17.3. The predicted octanol–water partition coefficient (Wildman–Crippen LogP) is 4.90. The average Bonchev–Trinajstić information content (AvgIpc) is 2.78. The molecule has 0 bridgehead atoms. The first-order valence-electron chi connectivity index (χ1n) is 9.71. The Morgan fingerprint density at radius 3 is 2.55 bits per heavy atom. The molecule has 0 saturated heterocycles. The third kappa shape index (κ3) is 4.10. The first-order valence-corrected chi connectivity index (χ1v) is 9.71. The maximum absolute atomic E-state index is 12.7. The van der Waals surface area contributed by atoms with Crippen molar-refractivity contribution in [3.63, 3.8) is 0 Å². The smallest absolute Gasteiger partial charge is 0.235 e. The lowest BCUT2D eigenvalue weighted by Gasteiger charge is -2.11. The van der Waals surface area contributed by atoms with Crippen LogP contribution in [0.25, 0.3) is 33.9 Å². The first-order chi connectivity index (χ1) is 15.0. The number of aromatic hydroxyl groups is 1. The first kappa shape index (κ1) is 20.1. The second kappa shape index (κ2) is 8.29. The Bertz CT molecular complexity index is 1390. The van der Waals surface area contributed by atoms with Crippen LogP contribution in [0.1, 0.15) is 11.3 Å². The van der Waals surface area contributed by atoms with Gasteiger partial charge in [0.05, 0.1) is 5.39 Å². The van der Waals surface area contributed by atoms with E-state index in [0.717, 1.165) is 22.0 Å². The average molecular weight is 411 g/mol. The molecule has 5 nitrogen and oxygen atoms in total. The van der Waals surface area contributed by atoms with Crippen LogP contribution in [0, 0.1) is 12.3 Å². The lowest BCUT2D eigenvalue weighted by atomic mass is 10.1. The van der Waals surface area contributed by atoms with Gasteiger partial charge in [-0.25, -0.2) is 0 Å². The number of nitrogens with zero attached hydrogens (tertiary/aromatic N) is 1. The van der Waals surface area contributed by atoms with Crippen molar-refractivity contribution in [3.05, 3.63) is 76.1 Å². The summed E-state index contributed by atoms with van der Waals surface area (Å²) in [7, 11) is 3.95. The standard InChI is InChI=1S/C26H21NO4/c1-4-13-30-21-11-8-18-15-22-24(16-19(18)14-21)31-23(26(29)25(22)28)12-7-17-5-9-20(10-6-17)27(2)3/h1,5-12,14-16,29H,13H2,2-3H3/b12-7+. The van der Waals surface area contributed by atoms with E-state index in [1.54, 1.807) is 30.4 Å². The summed E-state index contributed by atoms with van der Waals surface area (Å²) in [6.07, 6.45) is 8.63. The second-order valence-corrected chi connectivity index (χ2v) is 7.31. The molecule has 0 aliphatic rings. The Morgan fingerprint density at radius 1 is 1.06 bits per heavy atom. The number of ether oxygens (including phenoxy) is 1. The molecule has 0 radical (unpaired) electrons. The quantitative estimate of drug-likeness (QED) is 0.374. The van der Waals surface area contributed by atoms with Crippen LogP contribution < -0.4 is 15.1 Å². The summed E-state index contributed by atoms with van der Waals surface area (Å²) in [4.78, 5) is 14.7. The number of hydrogen-bond donors (Lipinski definition) is 1. The summed E-state index contributed by atoms with van der Waals surface area (Å²) < 4.78 is 11.3. The van der Waals surface area contributed by atoms with E-state index in [1.165, 1.54) is 0 Å². The van der Waals surface area contributed by atoms with Crippen molar-refractivity contribution in [1.82, 2.24) is 0 Å². The molecule has 0 unspecified atom stereocenters. The third-order valence-electron chi connectivity index (χ3n) is 4.98. The van der Waals surface area contributed by atoms with Crippen LogP contribution in [0.2, 0.25) is 0 Å². The SMILES string of the molecule is C#CCOc1ccc2cc3c(=O)c(O)c(/C=C/c4ccc(N(C)C)cc4)oc3cc2c1. The molecular weight excluding hydrogens is 390 g/mol. The zero-order chi connectivity index (χ0) is 22.0. The lowest BCUT2D eigenvalue weighted by Crippen LogP contribution is -2.07. The van der Waals surface area contributed by atoms with Crippen LogP contribution >= 0.6 is 0 Å². The molecule has 31 heavy (non-hydrogen) atoms. The van der Waals surface area contributed by atoms with Gasteiger partial charge in [-0.3, -0.25) is 4.79 Å². The molecule has 0 fully saturated rings. The molecule has 0 spiro atoms. The Hall–Kier alpha value is -4.17. The highest BCUT2D eigenvalue weighted by Gasteiger charge is 2.13. The molecule has 1 N–H and O–H groups in total. The summed E-state index contributed by atoms with van der Waals surface area (Å²) >= 11 is 0. The molecule has 5 heteroatoms. The maximum Gasteiger partial charge on any atom is 0.235 e. The Morgan fingerprint density at radius 2 is 1.84 bits per heavy atom. The molecule has 0 aliphatic carbocycles. The van der Waals surface area contributed by atoms with E-state index in [1.807, 2.05) is 55.4 Å². The number of hydrogen-bond acceptors (Lipinski definition) is 5. The van der Waals surface area contributed by atoms with Crippen LogP contribution in [0.5, 0.6) is 11.5 Å². The summed E-state index contributed by atoms with van der Waals surface area (Å²) in [6, 6.07) is 16.8. The Kier molecular flexibility index (Phi) is 5.38. The van der Waals surface area contributed by atoms with E-state index in [0.29, 0.717) is 16.7 Å². The molecule has 154 valence electrons. The molecule has 0 aliphatic heterocycles. The largest absolute Gasteiger partial charge is 0.502 e. The number of terminal acetylenes is 1. The van der Waals surface area contributed by atoms with Crippen LogP contribution in [0.3, 0.4) is 0 Å². The number of fused-ring (bicyclic) bond motifs is 2. The van der Waals surface area contributed by atoms with E-state index >= 15 is 0 Å². The number of anilines is 1. The van der Waals surface area contributed by atoms with Crippen molar-refractivity contribution in [2.75, 3.05) is 25.6 Å². The normalized spacial score (nSPS) is 11.1. The molecule has 4 aromatic rings. The third-order valence-corrected chi connectivity index (χ3v) is 4.98. The van der Waals surface area contributed by atoms with Gasteiger partial charge in [0, 0.05) is 19.8 Å². The van der Waals surface area contributed by atoms with E-state index in [2.05, 4.69) is 5.92 Å². The number of benzene rings is 3. The van der Waals surface area contributed by atoms with Crippen molar-refractivity contribution in [2.45, 2.75) is 0 Å².